The molecular weight excluding hydrogens is 272 g/mol. The lowest BCUT2D eigenvalue weighted by molar-refractivity contribution is 0.344. The fraction of sp³-hybridized carbons (Fsp3) is 0.636. The van der Waals surface area contributed by atoms with E-state index in [1.165, 1.54) is 15.8 Å². The molecule has 1 atom stereocenters. The average molecular weight is 291 g/mol. The zero-order valence-corrected chi connectivity index (χ0v) is 12.0. The molecular formula is C11H19BrN2S. The molecule has 0 fully saturated rings. The van der Waals surface area contributed by atoms with Crippen LogP contribution < -0.4 is 5.32 Å². The number of nitrogens with one attached hydrogen (secondary N) is 1. The molecule has 0 saturated heterocycles. The van der Waals surface area contributed by atoms with Crippen LogP contribution in [0.3, 0.4) is 0 Å². The SMILES string of the molecule is CCCNC(CN(C)C)c1sccc1Br. The molecule has 1 N–H and O–H groups in total. The smallest absolute Gasteiger partial charge is 0.0555 e. The molecule has 4 heteroatoms. The summed E-state index contributed by atoms with van der Waals surface area (Å²) in [6.45, 7) is 4.31. The minimum atomic E-state index is 0.439. The van der Waals surface area contributed by atoms with Crippen molar-refractivity contribution in [2.75, 3.05) is 27.2 Å². The second-order valence-corrected chi connectivity index (χ2v) is 5.70. The highest BCUT2D eigenvalue weighted by Crippen LogP contribution is 2.29. The van der Waals surface area contributed by atoms with Crippen LogP contribution in [0.2, 0.25) is 0 Å². The minimum absolute atomic E-state index is 0.439. The van der Waals surface area contributed by atoms with Crippen LogP contribution in [0.4, 0.5) is 0 Å². The molecule has 15 heavy (non-hydrogen) atoms. The summed E-state index contributed by atoms with van der Waals surface area (Å²) < 4.78 is 1.22. The molecule has 0 aliphatic carbocycles. The molecule has 0 amide bonds. The predicted molar refractivity (Wildman–Crippen MR) is 71.6 cm³/mol. The quantitative estimate of drug-likeness (QED) is 0.866. The number of rotatable bonds is 6. The Bertz CT molecular complexity index is 286. The summed E-state index contributed by atoms with van der Waals surface area (Å²) in [5.41, 5.74) is 0. The van der Waals surface area contributed by atoms with Gasteiger partial charge < -0.3 is 10.2 Å². The van der Waals surface area contributed by atoms with Crippen LogP contribution in [0, 0.1) is 0 Å². The monoisotopic (exact) mass is 290 g/mol. The van der Waals surface area contributed by atoms with Crippen molar-refractivity contribution in [3.8, 4) is 0 Å². The zero-order valence-electron chi connectivity index (χ0n) is 9.59. The Morgan fingerprint density at radius 2 is 2.27 bits per heavy atom. The molecule has 0 spiro atoms. The van der Waals surface area contributed by atoms with Gasteiger partial charge in [0.1, 0.15) is 0 Å². The average Bonchev–Trinajstić information content (AvgIpc) is 2.58. The van der Waals surface area contributed by atoms with Gasteiger partial charge in [0, 0.05) is 15.9 Å². The summed E-state index contributed by atoms with van der Waals surface area (Å²) in [4.78, 5) is 3.62. The van der Waals surface area contributed by atoms with Gasteiger partial charge in [-0.15, -0.1) is 11.3 Å². The van der Waals surface area contributed by atoms with Gasteiger partial charge in [-0.25, -0.2) is 0 Å². The molecule has 0 saturated carbocycles. The lowest BCUT2D eigenvalue weighted by atomic mass is 10.2. The molecule has 0 aliphatic rings. The van der Waals surface area contributed by atoms with E-state index in [9.17, 15) is 0 Å². The number of likely N-dealkylation sites (N-methyl/N-ethyl adjacent to an activating group) is 1. The Labute approximate surface area is 105 Å². The zero-order chi connectivity index (χ0) is 11.3. The van der Waals surface area contributed by atoms with E-state index in [0.717, 1.165) is 13.1 Å². The van der Waals surface area contributed by atoms with Gasteiger partial charge in [-0.3, -0.25) is 0 Å². The van der Waals surface area contributed by atoms with Crippen LogP contribution in [-0.4, -0.2) is 32.1 Å². The second kappa shape index (κ2) is 6.63. The number of nitrogens with zero attached hydrogens (tertiary/aromatic N) is 1. The molecule has 0 aromatic carbocycles. The van der Waals surface area contributed by atoms with Crippen molar-refractivity contribution in [1.82, 2.24) is 10.2 Å². The molecule has 0 bridgehead atoms. The normalized spacial score (nSPS) is 13.4. The van der Waals surface area contributed by atoms with Crippen LogP contribution in [0.1, 0.15) is 24.3 Å². The highest BCUT2D eigenvalue weighted by Gasteiger charge is 2.15. The molecule has 2 nitrogen and oxygen atoms in total. The Morgan fingerprint density at radius 1 is 1.53 bits per heavy atom. The molecule has 1 aromatic rings. The van der Waals surface area contributed by atoms with E-state index in [1.54, 1.807) is 0 Å². The first-order valence-electron chi connectivity index (χ1n) is 5.26. The lowest BCUT2D eigenvalue weighted by Gasteiger charge is -2.21. The van der Waals surface area contributed by atoms with Crippen molar-refractivity contribution in [2.24, 2.45) is 0 Å². The highest BCUT2D eigenvalue weighted by molar-refractivity contribution is 9.10. The molecule has 1 heterocycles. The van der Waals surface area contributed by atoms with Crippen LogP contribution in [0.5, 0.6) is 0 Å². The molecule has 0 aliphatic heterocycles. The van der Waals surface area contributed by atoms with Crippen molar-refractivity contribution < 1.29 is 0 Å². The highest BCUT2D eigenvalue weighted by atomic mass is 79.9. The van der Waals surface area contributed by atoms with Gasteiger partial charge in [0.25, 0.3) is 0 Å². The topological polar surface area (TPSA) is 15.3 Å². The third-order valence-corrected chi connectivity index (χ3v) is 4.13. The molecule has 1 unspecified atom stereocenters. The molecule has 1 rings (SSSR count). The van der Waals surface area contributed by atoms with E-state index in [4.69, 9.17) is 0 Å². The van der Waals surface area contributed by atoms with Gasteiger partial charge >= 0.3 is 0 Å². The van der Waals surface area contributed by atoms with Gasteiger partial charge in [0.05, 0.1) is 6.04 Å². The van der Waals surface area contributed by atoms with Crippen LogP contribution in [0.15, 0.2) is 15.9 Å². The summed E-state index contributed by atoms with van der Waals surface area (Å²) in [5, 5.41) is 5.72. The first kappa shape index (κ1) is 13.2. The van der Waals surface area contributed by atoms with Gasteiger partial charge in [0.2, 0.25) is 0 Å². The van der Waals surface area contributed by atoms with E-state index in [-0.39, 0.29) is 0 Å². The van der Waals surface area contributed by atoms with E-state index in [2.05, 4.69) is 58.6 Å². The maximum atomic E-state index is 3.60. The third kappa shape index (κ3) is 4.23. The molecule has 86 valence electrons. The second-order valence-electron chi connectivity index (χ2n) is 3.90. The largest absolute Gasteiger partial charge is 0.308 e. The number of hydrogen-bond acceptors (Lipinski definition) is 3. The van der Waals surface area contributed by atoms with Crippen molar-refractivity contribution in [3.05, 3.63) is 20.8 Å². The van der Waals surface area contributed by atoms with Gasteiger partial charge in [-0.05, 0) is 54.4 Å². The first-order valence-corrected chi connectivity index (χ1v) is 6.93. The maximum Gasteiger partial charge on any atom is 0.0555 e. The van der Waals surface area contributed by atoms with Gasteiger partial charge in [0.15, 0.2) is 0 Å². The van der Waals surface area contributed by atoms with E-state index in [0.29, 0.717) is 6.04 Å². The maximum absolute atomic E-state index is 3.60. The van der Waals surface area contributed by atoms with Crippen LogP contribution in [-0.2, 0) is 0 Å². The van der Waals surface area contributed by atoms with Crippen LogP contribution in [0.25, 0.3) is 0 Å². The standard InChI is InChI=1S/C11H19BrN2S/c1-4-6-13-10(8-14(2)3)11-9(12)5-7-15-11/h5,7,10,13H,4,6,8H2,1-3H3. The predicted octanol–water partition coefficient (Wildman–Crippen LogP) is 3.11. The first-order chi connectivity index (χ1) is 7.15. The summed E-state index contributed by atoms with van der Waals surface area (Å²) >= 11 is 5.41. The fourth-order valence-corrected chi connectivity index (χ4v) is 3.20. The summed E-state index contributed by atoms with van der Waals surface area (Å²) in [6.07, 6.45) is 1.17. The van der Waals surface area contributed by atoms with E-state index < -0.39 is 0 Å². The Hall–Kier alpha value is 0.100. The number of hydrogen-bond donors (Lipinski definition) is 1. The van der Waals surface area contributed by atoms with Crippen LogP contribution >= 0.6 is 27.3 Å². The van der Waals surface area contributed by atoms with E-state index in [1.807, 2.05) is 11.3 Å². The van der Waals surface area contributed by atoms with Crippen molar-refractivity contribution in [3.63, 3.8) is 0 Å². The fourth-order valence-electron chi connectivity index (χ4n) is 1.48. The van der Waals surface area contributed by atoms with Crippen molar-refractivity contribution >= 4 is 27.3 Å². The number of thiophene rings is 1. The lowest BCUT2D eigenvalue weighted by Crippen LogP contribution is -2.31. The van der Waals surface area contributed by atoms with Gasteiger partial charge in [-0.2, -0.15) is 0 Å². The van der Waals surface area contributed by atoms with Gasteiger partial charge in [-0.1, -0.05) is 6.92 Å². The summed E-state index contributed by atoms with van der Waals surface area (Å²) in [5.74, 6) is 0. The summed E-state index contributed by atoms with van der Waals surface area (Å²) in [7, 11) is 4.23. The Morgan fingerprint density at radius 3 is 2.73 bits per heavy atom. The molecule has 0 radical (unpaired) electrons. The minimum Gasteiger partial charge on any atom is -0.308 e. The third-order valence-electron chi connectivity index (χ3n) is 2.15. The number of halogens is 1. The van der Waals surface area contributed by atoms with E-state index >= 15 is 0 Å². The Balaban J connectivity index is 2.67. The Kier molecular flexibility index (Phi) is 5.82. The van der Waals surface area contributed by atoms with Crippen molar-refractivity contribution in [2.45, 2.75) is 19.4 Å². The van der Waals surface area contributed by atoms with Crippen molar-refractivity contribution in [1.29, 1.82) is 0 Å². The molecule has 1 aromatic heterocycles. The summed E-state index contributed by atoms with van der Waals surface area (Å²) in [6, 6.07) is 2.56.